The molecule has 3 aromatic rings. The van der Waals surface area contributed by atoms with Gasteiger partial charge in [0.15, 0.2) is 11.5 Å². The highest BCUT2D eigenvalue weighted by Crippen LogP contribution is 2.28. The molecule has 0 saturated heterocycles. The number of nitro benzene ring substituents is 1. The molecule has 3 aromatic carbocycles. The first kappa shape index (κ1) is 20.8. The lowest BCUT2D eigenvalue weighted by molar-refractivity contribution is -0.385. The van der Waals surface area contributed by atoms with Gasteiger partial charge in [-0.1, -0.05) is 48.0 Å². The summed E-state index contributed by atoms with van der Waals surface area (Å²) in [4.78, 5) is 23.1. The fraction of sp³-hybridized carbons (Fsp3) is 0.125. The standard InChI is InChI=1S/C24H21NO5/c1-17-6-5-7-19(14-17)22(26)12-10-18-11-13-23(29-2)20(15-18)16-30-24-9-4-3-8-21(24)25(27)28/h3-15H,16H2,1-2H3/b12-10+. The van der Waals surface area contributed by atoms with E-state index >= 15 is 0 Å². The number of methoxy groups -OCH3 is 1. The van der Waals surface area contributed by atoms with Crippen LogP contribution in [0.4, 0.5) is 5.69 Å². The summed E-state index contributed by atoms with van der Waals surface area (Å²) in [5.41, 5.74) is 3.04. The molecule has 0 saturated carbocycles. The number of benzene rings is 3. The predicted octanol–water partition coefficient (Wildman–Crippen LogP) is 5.39. The number of carbonyl (C=O) groups is 1. The molecule has 0 fully saturated rings. The molecule has 0 atom stereocenters. The number of carbonyl (C=O) groups excluding carboxylic acids is 1. The predicted molar refractivity (Wildman–Crippen MR) is 115 cm³/mol. The van der Waals surface area contributed by atoms with Crippen LogP contribution >= 0.6 is 0 Å². The summed E-state index contributed by atoms with van der Waals surface area (Å²) in [6, 6.07) is 19.0. The zero-order valence-corrected chi connectivity index (χ0v) is 16.7. The second-order valence-electron chi connectivity index (χ2n) is 6.65. The van der Waals surface area contributed by atoms with E-state index in [1.807, 2.05) is 37.3 Å². The number of nitrogens with zero attached hydrogens (tertiary/aromatic N) is 1. The van der Waals surface area contributed by atoms with Crippen molar-refractivity contribution in [2.24, 2.45) is 0 Å². The van der Waals surface area contributed by atoms with Gasteiger partial charge in [0.1, 0.15) is 12.4 Å². The van der Waals surface area contributed by atoms with Crippen molar-refractivity contribution < 1.29 is 19.2 Å². The Hall–Kier alpha value is -3.93. The first-order valence-corrected chi connectivity index (χ1v) is 9.30. The molecule has 0 amide bonds. The molecule has 6 nitrogen and oxygen atoms in total. The van der Waals surface area contributed by atoms with Crippen LogP contribution in [0.2, 0.25) is 0 Å². The first-order valence-electron chi connectivity index (χ1n) is 9.30. The molecule has 152 valence electrons. The van der Waals surface area contributed by atoms with Crippen molar-refractivity contribution in [3.8, 4) is 11.5 Å². The highest BCUT2D eigenvalue weighted by molar-refractivity contribution is 6.06. The minimum atomic E-state index is -0.483. The molecule has 0 bridgehead atoms. The Bertz CT molecular complexity index is 1100. The molecule has 0 aliphatic heterocycles. The Morgan fingerprint density at radius 3 is 2.57 bits per heavy atom. The van der Waals surface area contributed by atoms with Crippen LogP contribution in [0.15, 0.2) is 72.8 Å². The van der Waals surface area contributed by atoms with E-state index in [9.17, 15) is 14.9 Å². The van der Waals surface area contributed by atoms with E-state index in [4.69, 9.17) is 9.47 Å². The average molecular weight is 403 g/mol. The van der Waals surface area contributed by atoms with Crippen LogP contribution in [0.25, 0.3) is 6.08 Å². The average Bonchev–Trinajstić information content (AvgIpc) is 2.76. The minimum absolute atomic E-state index is 0.0849. The Kier molecular flexibility index (Phi) is 6.60. The third-order valence-electron chi connectivity index (χ3n) is 4.48. The van der Waals surface area contributed by atoms with Crippen molar-refractivity contribution in [2.45, 2.75) is 13.5 Å². The van der Waals surface area contributed by atoms with Gasteiger partial charge in [-0.2, -0.15) is 0 Å². The largest absolute Gasteiger partial charge is 0.496 e. The van der Waals surface area contributed by atoms with Gasteiger partial charge in [0.05, 0.1) is 12.0 Å². The number of rotatable bonds is 8. The quantitative estimate of drug-likeness (QED) is 0.218. The van der Waals surface area contributed by atoms with Gasteiger partial charge in [-0.05, 0) is 42.8 Å². The second-order valence-corrected chi connectivity index (χ2v) is 6.65. The number of para-hydroxylation sites is 2. The lowest BCUT2D eigenvalue weighted by atomic mass is 10.1. The van der Waals surface area contributed by atoms with Gasteiger partial charge in [-0.25, -0.2) is 0 Å². The number of aryl methyl sites for hydroxylation is 1. The van der Waals surface area contributed by atoms with E-state index in [1.165, 1.54) is 12.1 Å². The van der Waals surface area contributed by atoms with Crippen molar-refractivity contribution in [1.82, 2.24) is 0 Å². The van der Waals surface area contributed by atoms with Gasteiger partial charge in [0.2, 0.25) is 0 Å². The summed E-state index contributed by atoms with van der Waals surface area (Å²) >= 11 is 0. The van der Waals surface area contributed by atoms with Crippen molar-refractivity contribution in [3.05, 3.63) is 105 Å². The summed E-state index contributed by atoms with van der Waals surface area (Å²) in [5, 5.41) is 11.2. The van der Waals surface area contributed by atoms with E-state index in [-0.39, 0.29) is 23.8 Å². The fourth-order valence-electron chi connectivity index (χ4n) is 2.97. The molecule has 0 N–H and O–H groups in total. The topological polar surface area (TPSA) is 78.7 Å². The van der Waals surface area contributed by atoms with Crippen LogP contribution in [0.3, 0.4) is 0 Å². The number of hydrogen-bond donors (Lipinski definition) is 0. The van der Waals surface area contributed by atoms with Crippen molar-refractivity contribution in [3.63, 3.8) is 0 Å². The summed E-state index contributed by atoms with van der Waals surface area (Å²) in [6.07, 6.45) is 3.24. The number of allylic oxidation sites excluding steroid dienone is 1. The highest BCUT2D eigenvalue weighted by atomic mass is 16.6. The van der Waals surface area contributed by atoms with Crippen molar-refractivity contribution >= 4 is 17.5 Å². The molecular weight excluding hydrogens is 382 g/mol. The van der Waals surface area contributed by atoms with Crippen molar-refractivity contribution in [2.75, 3.05) is 7.11 Å². The molecule has 0 unspecified atom stereocenters. The molecule has 3 rings (SSSR count). The van der Waals surface area contributed by atoms with Gasteiger partial charge in [-0.15, -0.1) is 0 Å². The molecule has 0 spiro atoms. The number of ether oxygens (including phenoxy) is 2. The fourth-order valence-corrected chi connectivity index (χ4v) is 2.97. The van der Waals surface area contributed by atoms with Gasteiger partial charge in [-0.3, -0.25) is 14.9 Å². The maximum Gasteiger partial charge on any atom is 0.310 e. The normalized spacial score (nSPS) is 10.7. The Balaban J connectivity index is 1.78. The molecule has 0 heterocycles. The van der Waals surface area contributed by atoms with E-state index < -0.39 is 4.92 Å². The molecule has 30 heavy (non-hydrogen) atoms. The SMILES string of the molecule is COc1ccc(/C=C/C(=O)c2cccc(C)c2)cc1COc1ccccc1[N+](=O)[O-]. The Morgan fingerprint density at radius 2 is 1.83 bits per heavy atom. The van der Waals surface area contributed by atoms with Gasteiger partial charge >= 0.3 is 5.69 Å². The Labute approximate surface area is 174 Å². The van der Waals surface area contributed by atoms with E-state index in [0.29, 0.717) is 16.9 Å². The second kappa shape index (κ2) is 9.52. The molecule has 0 aromatic heterocycles. The first-order chi connectivity index (χ1) is 14.5. The third-order valence-corrected chi connectivity index (χ3v) is 4.48. The summed E-state index contributed by atoms with van der Waals surface area (Å²) in [6.45, 7) is 2.02. The number of hydrogen-bond acceptors (Lipinski definition) is 5. The Morgan fingerprint density at radius 1 is 1.03 bits per heavy atom. The van der Waals surface area contributed by atoms with Crippen LogP contribution in [0.1, 0.15) is 27.0 Å². The van der Waals surface area contributed by atoms with Crippen LogP contribution in [0, 0.1) is 17.0 Å². The van der Waals surface area contributed by atoms with Gasteiger partial charge in [0.25, 0.3) is 0 Å². The number of nitro groups is 1. The molecule has 6 heteroatoms. The lowest BCUT2D eigenvalue weighted by Crippen LogP contribution is -2.01. The molecule has 0 radical (unpaired) electrons. The number of ketones is 1. The maximum atomic E-state index is 12.4. The zero-order chi connectivity index (χ0) is 21.5. The van der Waals surface area contributed by atoms with E-state index in [2.05, 4.69) is 0 Å². The van der Waals surface area contributed by atoms with E-state index in [0.717, 1.165) is 11.1 Å². The summed E-state index contributed by atoms with van der Waals surface area (Å²) < 4.78 is 11.0. The third kappa shape index (κ3) is 5.11. The molecular formula is C24H21NO5. The zero-order valence-electron chi connectivity index (χ0n) is 16.7. The van der Waals surface area contributed by atoms with Crippen LogP contribution in [-0.4, -0.2) is 17.8 Å². The van der Waals surface area contributed by atoms with Crippen molar-refractivity contribution in [1.29, 1.82) is 0 Å². The maximum absolute atomic E-state index is 12.4. The van der Waals surface area contributed by atoms with E-state index in [1.54, 1.807) is 43.5 Å². The van der Waals surface area contributed by atoms with Crippen LogP contribution in [0.5, 0.6) is 11.5 Å². The summed E-state index contributed by atoms with van der Waals surface area (Å²) in [5.74, 6) is 0.683. The molecule has 0 aliphatic rings. The van der Waals surface area contributed by atoms with Gasteiger partial charge < -0.3 is 9.47 Å². The minimum Gasteiger partial charge on any atom is -0.496 e. The highest BCUT2D eigenvalue weighted by Gasteiger charge is 2.14. The lowest BCUT2D eigenvalue weighted by Gasteiger charge is -2.11. The van der Waals surface area contributed by atoms with Gasteiger partial charge in [0, 0.05) is 17.2 Å². The van der Waals surface area contributed by atoms with Crippen LogP contribution < -0.4 is 9.47 Å². The monoisotopic (exact) mass is 403 g/mol. The molecule has 0 aliphatic carbocycles. The van der Waals surface area contributed by atoms with Crippen LogP contribution in [-0.2, 0) is 6.61 Å². The smallest absolute Gasteiger partial charge is 0.310 e. The summed E-state index contributed by atoms with van der Waals surface area (Å²) in [7, 11) is 1.54.